The zero-order chi connectivity index (χ0) is 15.0. The SMILES string of the molecule is CC1CCN(C(=O)c2cnn3ccccc23)C(C(=O)O)C1. The molecule has 1 aliphatic rings. The van der Waals surface area contributed by atoms with Crippen LogP contribution in [0.2, 0.25) is 0 Å². The third kappa shape index (κ3) is 2.37. The number of piperidine rings is 1. The number of rotatable bonds is 2. The molecule has 2 unspecified atom stereocenters. The molecule has 1 amide bonds. The first kappa shape index (κ1) is 13.6. The van der Waals surface area contributed by atoms with Crippen molar-refractivity contribution in [1.29, 1.82) is 0 Å². The Kier molecular flexibility index (Phi) is 3.37. The number of aromatic nitrogens is 2. The molecule has 0 spiro atoms. The highest BCUT2D eigenvalue weighted by Gasteiger charge is 2.35. The Morgan fingerprint density at radius 2 is 2.19 bits per heavy atom. The molecule has 1 N–H and O–H groups in total. The van der Waals surface area contributed by atoms with Crippen LogP contribution < -0.4 is 0 Å². The number of carbonyl (C=O) groups excluding carboxylic acids is 1. The standard InChI is InChI=1S/C15H17N3O3/c1-10-5-7-17(13(8-10)15(20)21)14(19)11-9-16-18-6-3-2-4-12(11)18/h2-4,6,9-10,13H,5,7-8H2,1H3,(H,20,21). The number of pyridine rings is 1. The Labute approximate surface area is 122 Å². The second kappa shape index (κ2) is 5.20. The lowest BCUT2D eigenvalue weighted by atomic mass is 9.92. The Hall–Kier alpha value is -2.37. The van der Waals surface area contributed by atoms with Gasteiger partial charge < -0.3 is 10.0 Å². The summed E-state index contributed by atoms with van der Waals surface area (Å²) in [5.74, 6) is -0.874. The van der Waals surface area contributed by atoms with Crippen molar-refractivity contribution in [3.8, 4) is 0 Å². The number of amides is 1. The van der Waals surface area contributed by atoms with Gasteiger partial charge in [-0.3, -0.25) is 4.79 Å². The Morgan fingerprint density at radius 1 is 1.38 bits per heavy atom. The topological polar surface area (TPSA) is 74.9 Å². The molecule has 0 aliphatic carbocycles. The summed E-state index contributed by atoms with van der Waals surface area (Å²) < 4.78 is 1.62. The highest BCUT2D eigenvalue weighted by molar-refractivity contribution is 6.02. The van der Waals surface area contributed by atoms with Gasteiger partial charge in [-0.25, -0.2) is 9.31 Å². The van der Waals surface area contributed by atoms with Crippen LogP contribution in [0, 0.1) is 5.92 Å². The summed E-state index contributed by atoms with van der Waals surface area (Å²) in [7, 11) is 0. The number of fused-ring (bicyclic) bond motifs is 1. The van der Waals surface area contributed by atoms with Gasteiger partial charge in [0.2, 0.25) is 0 Å². The second-order valence-electron chi connectivity index (χ2n) is 5.57. The zero-order valence-corrected chi connectivity index (χ0v) is 11.8. The fraction of sp³-hybridized carbons (Fsp3) is 0.400. The number of nitrogens with zero attached hydrogens (tertiary/aromatic N) is 3. The lowest BCUT2D eigenvalue weighted by molar-refractivity contribution is -0.144. The van der Waals surface area contributed by atoms with Crippen LogP contribution in [-0.2, 0) is 4.79 Å². The average Bonchev–Trinajstić information content (AvgIpc) is 2.90. The maximum atomic E-state index is 12.7. The number of likely N-dealkylation sites (tertiary alicyclic amines) is 1. The van der Waals surface area contributed by atoms with E-state index < -0.39 is 12.0 Å². The van der Waals surface area contributed by atoms with E-state index in [1.54, 1.807) is 10.7 Å². The Balaban J connectivity index is 1.95. The smallest absolute Gasteiger partial charge is 0.326 e. The van der Waals surface area contributed by atoms with E-state index in [4.69, 9.17) is 0 Å². The molecule has 1 fully saturated rings. The van der Waals surface area contributed by atoms with Crippen molar-refractivity contribution in [2.45, 2.75) is 25.8 Å². The molecule has 2 aromatic heterocycles. The van der Waals surface area contributed by atoms with Gasteiger partial charge in [0.15, 0.2) is 0 Å². The molecule has 2 aromatic rings. The third-order valence-electron chi connectivity index (χ3n) is 4.07. The van der Waals surface area contributed by atoms with Gasteiger partial charge in [-0.05, 0) is 30.9 Å². The van der Waals surface area contributed by atoms with Gasteiger partial charge in [-0.15, -0.1) is 0 Å². The highest BCUT2D eigenvalue weighted by Crippen LogP contribution is 2.25. The fourth-order valence-electron chi connectivity index (χ4n) is 2.87. The van der Waals surface area contributed by atoms with Crippen molar-refractivity contribution in [3.63, 3.8) is 0 Å². The molecule has 6 heteroatoms. The van der Waals surface area contributed by atoms with Crippen molar-refractivity contribution in [2.75, 3.05) is 6.54 Å². The maximum absolute atomic E-state index is 12.7. The largest absolute Gasteiger partial charge is 0.480 e. The third-order valence-corrected chi connectivity index (χ3v) is 4.07. The monoisotopic (exact) mass is 287 g/mol. The summed E-state index contributed by atoms with van der Waals surface area (Å²) in [6.07, 6.45) is 4.60. The highest BCUT2D eigenvalue weighted by atomic mass is 16.4. The summed E-state index contributed by atoms with van der Waals surface area (Å²) in [6.45, 7) is 2.49. The molecule has 110 valence electrons. The number of carbonyl (C=O) groups is 2. The summed E-state index contributed by atoms with van der Waals surface area (Å²) >= 11 is 0. The molecular weight excluding hydrogens is 270 g/mol. The number of hydrogen-bond acceptors (Lipinski definition) is 3. The van der Waals surface area contributed by atoms with E-state index in [1.807, 2.05) is 25.1 Å². The van der Waals surface area contributed by atoms with Gasteiger partial charge in [-0.2, -0.15) is 5.10 Å². The first-order chi connectivity index (χ1) is 10.1. The first-order valence-electron chi connectivity index (χ1n) is 7.04. The normalized spacial score (nSPS) is 22.4. The molecule has 21 heavy (non-hydrogen) atoms. The lowest BCUT2D eigenvalue weighted by Crippen LogP contribution is -2.49. The van der Waals surface area contributed by atoms with Crippen molar-refractivity contribution in [3.05, 3.63) is 36.2 Å². The fourth-order valence-corrected chi connectivity index (χ4v) is 2.87. The summed E-state index contributed by atoms with van der Waals surface area (Å²) in [5, 5.41) is 13.5. The molecule has 0 saturated carbocycles. The van der Waals surface area contributed by atoms with E-state index in [0.717, 1.165) is 6.42 Å². The van der Waals surface area contributed by atoms with Gasteiger partial charge in [0, 0.05) is 12.7 Å². The lowest BCUT2D eigenvalue weighted by Gasteiger charge is -2.35. The van der Waals surface area contributed by atoms with Gasteiger partial charge in [0.1, 0.15) is 6.04 Å². The molecular formula is C15H17N3O3. The van der Waals surface area contributed by atoms with E-state index in [0.29, 0.717) is 30.0 Å². The molecule has 6 nitrogen and oxygen atoms in total. The quantitative estimate of drug-likeness (QED) is 0.911. The Bertz CT molecular complexity index is 694. The van der Waals surface area contributed by atoms with Crippen molar-refractivity contribution >= 4 is 17.4 Å². The summed E-state index contributed by atoms with van der Waals surface area (Å²) in [6, 6.07) is 4.72. The van der Waals surface area contributed by atoms with Crippen LogP contribution in [0.4, 0.5) is 0 Å². The van der Waals surface area contributed by atoms with Crippen molar-refractivity contribution in [2.24, 2.45) is 5.92 Å². The average molecular weight is 287 g/mol. The van der Waals surface area contributed by atoms with E-state index in [-0.39, 0.29) is 5.91 Å². The van der Waals surface area contributed by atoms with Gasteiger partial charge in [0.25, 0.3) is 5.91 Å². The predicted octanol–water partition coefficient (Wildman–Crippen LogP) is 1.66. The van der Waals surface area contributed by atoms with E-state index in [9.17, 15) is 14.7 Å². The predicted molar refractivity (Wildman–Crippen MR) is 76.1 cm³/mol. The number of carboxylic acid groups (broad SMARTS) is 1. The molecule has 0 radical (unpaired) electrons. The number of carboxylic acids is 1. The number of aliphatic carboxylic acids is 1. The van der Waals surface area contributed by atoms with E-state index in [1.165, 1.54) is 11.1 Å². The Morgan fingerprint density at radius 3 is 2.95 bits per heavy atom. The van der Waals surface area contributed by atoms with Crippen LogP contribution in [0.5, 0.6) is 0 Å². The first-order valence-corrected chi connectivity index (χ1v) is 7.04. The molecule has 2 atom stereocenters. The van der Waals surface area contributed by atoms with Crippen LogP contribution in [-0.4, -0.2) is 44.1 Å². The van der Waals surface area contributed by atoms with Crippen molar-refractivity contribution < 1.29 is 14.7 Å². The number of hydrogen-bond donors (Lipinski definition) is 1. The minimum absolute atomic E-state index is 0.254. The molecule has 1 saturated heterocycles. The van der Waals surface area contributed by atoms with Crippen LogP contribution in [0.25, 0.3) is 5.52 Å². The van der Waals surface area contributed by atoms with Crippen LogP contribution >= 0.6 is 0 Å². The van der Waals surface area contributed by atoms with Crippen molar-refractivity contribution in [1.82, 2.24) is 14.5 Å². The van der Waals surface area contributed by atoms with Crippen LogP contribution in [0.15, 0.2) is 30.6 Å². The summed E-state index contributed by atoms with van der Waals surface area (Å²) in [5.41, 5.74) is 1.15. The van der Waals surface area contributed by atoms with E-state index >= 15 is 0 Å². The minimum atomic E-state index is -0.939. The van der Waals surface area contributed by atoms with Crippen LogP contribution in [0.3, 0.4) is 0 Å². The molecule has 3 rings (SSSR count). The maximum Gasteiger partial charge on any atom is 0.326 e. The summed E-state index contributed by atoms with van der Waals surface area (Å²) in [4.78, 5) is 25.6. The van der Waals surface area contributed by atoms with Gasteiger partial charge in [0.05, 0.1) is 17.3 Å². The molecule has 0 bridgehead atoms. The molecule has 0 aromatic carbocycles. The molecule has 1 aliphatic heterocycles. The van der Waals surface area contributed by atoms with E-state index in [2.05, 4.69) is 5.10 Å². The van der Waals surface area contributed by atoms with Gasteiger partial charge >= 0.3 is 5.97 Å². The second-order valence-corrected chi connectivity index (χ2v) is 5.57. The molecule has 3 heterocycles. The zero-order valence-electron chi connectivity index (χ0n) is 11.8. The van der Waals surface area contributed by atoms with Crippen LogP contribution in [0.1, 0.15) is 30.1 Å². The minimum Gasteiger partial charge on any atom is -0.480 e. The van der Waals surface area contributed by atoms with Gasteiger partial charge in [-0.1, -0.05) is 13.0 Å².